The van der Waals surface area contributed by atoms with Crippen molar-refractivity contribution in [3.63, 3.8) is 0 Å². The van der Waals surface area contributed by atoms with E-state index in [0.717, 1.165) is 5.56 Å². The van der Waals surface area contributed by atoms with Crippen LogP contribution in [0.1, 0.15) is 0 Å². The molecule has 8 nitrogen and oxygen atoms in total. The molecule has 3 aromatic carbocycles. The predicted octanol–water partition coefficient (Wildman–Crippen LogP) is 4.78. The molecule has 0 saturated heterocycles. The first-order valence-corrected chi connectivity index (χ1v) is 8.29. The van der Waals surface area contributed by atoms with E-state index >= 15 is 0 Å². The van der Waals surface area contributed by atoms with E-state index in [1.807, 2.05) is 30.3 Å². The van der Waals surface area contributed by atoms with Crippen molar-refractivity contribution in [1.82, 2.24) is 9.97 Å². The van der Waals surface area contributed by atoms with Crippen molar-refractivity contribution >= 4 is 22.4 Å². The summed E-state index contributed by atoms with van der Waals surface area (Å²) in [6, 6.07) is 19.7. The Bertz CT molecular complexity index is 1210. The lowest BCUT2D eigenvalue weighted by atomic mass is 10.0. The molecule has 1 heterocycles. The van der Waals surface area contributed by atoms with Crippen LogP contribution < -0.4 is 0 Å². The SMILES string of the molecule is O=[N+]([O-])c1ccc(-c2nc3cc([N+](=O)[O-])ccc3nc2-c2ccccc2)cc1. The van der Waals surface area contributed by atoms with Crippen LogP contribution in [-0.4, -0.2) is 19.8 Å². The molecule has 0 saturated carbocycles. The van der Waals surface area contributed by atoms with Gasteiger partial charge < -0.3 is 0 Å². The maximum Gasteiger partial charge on any atom is 0.271 e. The molecule has 0 aliphatic heterocycles. The van der Waals surface area contributed by atoms with E-state index in [9.17, 15) is 20.2 Å². The number of nitro groups is 2. The smallest absolute Gasteiger partial charge is 0.258 e. The van der Waals surface area contributed by atoms with Crippen LogP contribution in [0.5, 0.6) is 0 Å². The summed E-state index contributed by atoms with van der Waals surface area (Å²) in [5.74, 6) is 0. The van der Waals surface area contributed by atoms with Gasteiger partial charge in [-0.05, 0) is 18.2 Å². The Hall–Kier alpha value is -4.20. The van der Waals surface area contributed by atoms with E-state index in [1.165, 1.54) is 24.3 Å². The molecule has 28 heavy (non-hydrogen) atoms. The molecule has 0 unspecified atom stereocenters. The number of benzene rings is 3. The van der Waals surface area contributed by atoms with Gasteiger partial charge in [-0.25, -0.2) is 9.97 Å². The molecule has 1 aromatic heterocycles. The van der Waals surface area contributed by atoms with Gasteiger partial charge in [-0.1, -0.05) is 30.3 Å². The summed E-state index contributed by atoms with van der Waals surface area (Å²) in [6.45, 7) is 0. The van der Waals surface area contributed by atoms with Gasteiger partial charge in [0, 0.05) is 35.4 Å². The molecular formula is C20H12N4O4. The number of rotatable bonds is 4. The summed E-state index contributed by atoms with van der Waals surface area (Å²) in [6.07, 6.45) is 0. The van der Waals surface area contributed by atoms with Crippen molar-refractivity contribution < 1.29 is 9.85 Å². The maximum atomic E-state index is 11.1. The van der Waals surface area contributed by atoms with E-state index in [1.54, 1.807) is 18.2 Å². The van der Waals surface area contributed by atoms with Gasteiger partial charge >= 0.3 is 0 Å². The van der Waals surface area contributed by atoms with Gasteiger partial charge in [-0.2, -0.15) is 0 Å². The van der Waals surface area contributed by atoms with Crippen molar-refractivity contribution in [1.29, 1.82) is 0 Å². The zero-order chi connectivity index (χ0) is 19.7. The molecule has 0 fully saturated rings. The molecular weight excluding hydrogens is 360 g/mol. The molecule has 0 aliphatic carbocycles. The molecule has 0 aliphatic rings. The van der Waals surface area contributed by atoms with Gasteiger partial charge in [0.1, 0.15) is 0 Å². The van der Waals surface area contributed by atoms with Crippen LogP contribution in [0.2, 0.25) is 0 Å². The van der Waals surface area contributed by atoms with Crippen LogP contribution in [0.15, 0.2) is 72.8 Å². The average Bonchev–Trinajstić information content (AvgIpc) is 2.73. The molecule has 0 bridgehead atoms. The Morgan fingerprint density at radius 3 is 1.75 bits per heavy atom. The molecule has 4 rings (SSSR count). The Morgan fingerprint density at radius 1 is 0.607 bits per heavy atom. The van der Waals surface area contributed by atoms with Crippen LogP contribution in [0.4, 0.5) is 11.4 Å². The van der Waals surface area contributed by atoms with Crippen LogP contribution in [0.25, 0.3) is 33.5 Å². The van der Waals surface area contributed by atoms with Crippen LogP contribution in [0, 0.1) is 20.2 Å². The summed E-state index contributed by atoms with van der Waals surface area (Å²) < 4.78 is 0. The van der Waals surface area contributed by atoms with E-state index in [-0.39, 0.29) is 11.4 Å². The molecule has 8 heteroatoms. The van der Waals surface area contributed by atoms with Crippen LogP contribution in [0.3, 0.4) is 0 Å². The standard InChI is InChI=1S/C20H12N4O4/c25-23(26)15-8-6-14(7-9-15)20-19(13-4-2-1-3-5-13)21-17-11-10-16(24(27)28)12-18(17)22-20/h1-12H. The number of hydrogen-bond acceptors (Lipinski definition) is 6. The second-order valence-corrected chi connectivity index (χ2v) is 6.02. The highest BCUT2D eigenvalue weighted by Gasteiger charge is 2.16. The monoisotopic (exact) mass is 372 g/mol. The molecule has 0 N–H and O–H groups in total. The zero-order valence-corrected chi connectivity index (χ0v) is 14.4. The zero-order valence-electron chi connectivity index (χ0n) is 14.4. The third-order valence-corrected chi connectivity index (χ3v) is 4.26. The van der Waals surface area contributed by atoms with Gasteiger partial charge in [0.25, 0.3) is 11.4 Å². The van der Waals surface area contributed by atoms with Gasteiger partial charge in [0.05, 0.1) is 32.3 Å². The highest BCUT2D eigenvalue weighted by molar-refractivity contribution is 5.87. The Labute approximate surface area is 158 Å². The number of nitro benzene ring substituents is 2. The summed E-state index contributed by atoms with van der Waals surface area (Å²) in [5.41, 5.74) is 3.33. The quantitative estimate of drug-likeness (QED) is 0.376. The second kappa shape index (κ2) is 6.84. The lowest BCUT2D eigenvalue weighted by Crippen LogP contribution is -1.97. The van der Waals surface area contributed by atoms with E-state index in [2.05, 4.69) is 9.97 Å². The minimum Gasteiger partial charge on any atom is -0.258 e. The molecule has 4 aromatic rings. The summed E-state index contributed by atoms with van der Waals surface area (Å²) in [5, 5.41) is 22.0. The second-order valence-electron chi connectivity index (χ2n) is 6.02. The number of nitrogens with zero attached hydrogens (tertiary/aromatic N) is 4. The molecule has 0 atom stereocenters. The fraction of sp³-hybridized carbons (Fsp3) is 0. The Kier molecular flexibility index (Phi) is 4.21. The average molecular weight is 372 g/mol. The van der Waals surface area contributed by atoms with Gasteiger partial charge in [0.2, 0.25) is 0 Å². The first kappa shape index (κ1) is 17.2. The predicted molar refractivity (Wildman–Crippen MR) is 104 cm³/mol. The number of aromatic nitrogens is 2. The van der Waals surface area contributed by atoms with E-state index in [0.29, 0.717) is 28.0 Å². The van der Waals surface area contributed by atoms with E-state index in [4.69, 9.17) is 0 Å². The normalized spacial score (nSPS) is 10.7. The third kappa shape index (κ3) is 3.14. The summed E-state index contributed by atoms with van der Waals surface area (Å²) in [7, 11) is 0. The van der Waals surface area contributed by atoms with Crippen LogP contribution in [-0.2, 0) is 0 Å². The highest BCUT2D eigenvalue weighted by Crippen LogP contribution is 2.32. The van der Waals surface area contributed by atoms with Crippen molar-refractivity contribution in [3.8, 4) is 22.5 Å². The Balaban J connectivity index is 1.97. The summed E-state index contributed by atoms with van der Waals surface area (Å²) >= 11 is 0. The van der Waals surface area contributed by atoms with Crippen molar-refractivity contribution in [2.45, 2.75) is 0 Å². The lowest BCUT2D eigenvalue weighted by Gasteiger charge is -2.10. The van der Waals surface area contributed by atoms with Crippen molar-refractivity contribution in [2.24, 2.45) is 0 Å². The minimum atomic E-state index is -0.488. The number of fused-ring (bicyclic) bond motifs is 1. The van der Waals surface area contributed by atoms with Crippen molar-refractivity contribution in [2.75, 3.05) is 0 Å². The topological polar surface area (TPSA) is 112 Å². The van der Waals surface area contributed by atoms with Gasteiger partial charge in [-0.15, -0.1) is 0 Å². The van der Waals surface area contributed by atoms with Gasteiger partial charge in [-0.3, -0.25) is 20.2 Å². The van der Waals surface area contributed by atoms with Crippen molar-refractivity contribution in [3.05, 3.63) is 93.0 Å². The minimum absolute atomic E-state index is 0.0330. The molecule has 0 amide bonds. The molecule has 0 spiro atoms. The molecule has 0 radical (unpaired) electrons. The first-order chi connectivity index (χ1) is 13.5. The summed E-state index contributed by atoms with van der Waals surface area (Å²) in [4.78, 5) is 30.3. The highest BCUT2D eigenvalue weighted by atomic mass is 16.6. The Morgan fingerprint density at radius 2 is 1.14 bits per heavy atom. The number of hydrogen-bond donors (Lipinski definition) is 0. The van der Waals surface area contributed by atoms with Gasteiger partial charge in [0.15, 0.2) is 0 Å². The fourth-order valence-electron chi connectivity index (χ4n) is 2.90. The first-order valence-electron chi connectivity index (χ1n) is 8.29. The molecule has 136 valence electrons. The fourth-order valence-corrected chi connectivity index (χ4v) is 2.90. The van der Waals surface area contributed by atoms with E-state index < -0.39 is 9.85 Å². The third-order valence-electron chi connectivity index (χ3n) is 4.26. The largest absolute Gasteiger partial charge is 0.271 e. The maximum absolute atomic E-state index is 11.1. The lowest BCUT2D eigenvalue weighted by molar-refractivity contribution is -0.385. The number of non-ortho nitro benzene ring substituents is 2. The van der Waals surface area contributed by atoms with Crippen LogP contribution >= 0.6 is 0 Å².